The first-order valence-electron chi connectivity index (χ1n) is 38.7. The average Bonchev–Trinajstić information content (AvgIpc) is 1.56. The lowest BCUT2D eigenvalue weighted by molar-refractivity contribution is 1.07. The van der Waals surface area contributed by atoms with Gasteiger partial charge in [0, 0.05) is 93.7 Å². The molecule has 0 radical (unpaired) electrons. The highest BCUT2D eigenvalue weighted by Gasteiger charge is 2.23. The molecule has 0 aliphatic carbocycles. The summed E-state index contributed by atoms with van der Waals surface area (Å²) in [5.74, 6) is 1.90. The molecule has 8 heteroatoms. The molecule has 6 aromatic heterocycles. The number of aromatic nitrogens is 8. The Morgan fingerprint density at radius 2 is 0.439 bits per heavy atom. The Labute approximate surface area is 656 Å². The highest BCUT2D eigenvalue weighted by Crippen LogP contribution is 2.44. The smallest absolute Gasteiger partial charge is 0.164 e. The molecule has 0 atom stereocenters. The first kappa shape index (κ1) is 65.7. The van der Waals surface area contributed by atoms with Gasteiger partial charge in [-0.2, -0.15) is 0 Å². The lowest BCUT2D eigenvalue weighted by Crippen LogP contribution is -2.00. The van der Waals surface area contributed by atoms with Crippen LogP contribution in [0.4, 0.5) is 0 Å². The molecule has 114 heavy (non-hydrogen) atoms. The van der Waals surface area contributed by atoms with Gasteiger partial charge < -0.3 is 18.3 Å². The molecule has 0 bridgehead atoms. The molecular weight excluding hydrogens is 1390 g/mol. The van der Waals surface area contributed by atoms with E-state index in [4.69, 9.17) is 19.9 Å². The van der Waals surface area contributed by atoms with E-state index in [2.05, 4.69) is 400 Å². The summed E-state index contributed by atoms with van der Waals surface area (Å²) in [7, 11) is 0. The monoisotopic (exact) mass is 1450 g/mol. The number of para-hydroxylation sites is 6. The molecule has 0 aliphatic heterocycles. The summed E-state index contributed by atoms with van der Waals surface area (Å²) in [6.07, 6.45) is 0. The fourth-order valence-electron chi connectivity index (χ4n) is 17.4. The van der Waals surface area contributed by atoms with Crippen LogP contribution >= 0.6 is 0 Å². The maximum Gasteiger partial charge on any atom is 0.164 e. The van der Waals surface area contributed by atoms with E-state index in [1.807, 2.05) is 30.3 Å². The third-order valence-electron chi connectivity index (χ3n) is 22.7. The molecule has 0 amide bonds. The Balaban J connectivity index is 0.000000140. The van der Waals surface area contributed by atoms with Crippen molar-refractivity contribution >= 4 is 109 Å². The van der Waals surface area contributed by atoms with Crippen molar-refractivity contribution in [2.24, 2.45) is 0 Å². The predicted molar refractivity (Wildman–Crippen MR) is 474 cm³/mol. The van der Waals surface area contributed by atoms with Gasteiger partial charge in [0.2, 0.25) is 0 Å². The van der Waals surface area contributed by atoms with Gasteiger partial charge in [0.1, 0.15) is 0 Å². The van der Waals surface area contributed by atoms with E-state index in [-0.39, 0.29) is 0 Å². The molecule has 0 N–H and O–H groups in total. The van der Waals surface area contributed by atoms with Crippen LogP contribution in [0.25, 0.3) is 210 Å². The Morgan fingerprint density at radius 3 is 0.860 bits per heavy atom. The largest absolute Gasteiger partial charge is 0.309 e. The lowest BCUT2D eigenvalue weighted by atomic mass is 9.97. The first-order valence-corrected chi connectivity index (χ1v) is 38.7. The number of pyridine rings is 1. The number of fused-ring (bicyclic) bond motifs is 14. The second kappa shape index (κ2) is 27.3. The Hall–Kier alpha value is -15.4. The van der Waals surface area contributed by atoms with E-state index < -0.39 is 0 Å². The van der Waals surface area contributed by atoms with E-state index >= 15 is 0 Å². The Kier molecular flexibility index (Phi) is 15.7. The van der Waals surface area contributed by atoms with E-state index in [0.717, 1.165) is 89.7 Å². The van der Waals surface area contributed by atoms with Gasteiger partial charge in [-0.25, -0.2) is 19.9 Å². The van der Waals surface area contributed by atoms with Gasteiger partial charge in [0.05, 0.1) is 55.5 Å². The van der Waals surface area contributed by atoms with Crippen molar-refractivity contribution in [2.75, 3.05) is 0 Å². The topological polar surface area (TPSA) is 71.3 Å². The fourth-order valence-corrected chi connectivity index (χ4v) is 17.4. The summed E-state index contributed by atoms with van der Waals surface area (Å²) in [5.41, 5.74) is 25.6. The van der Waals surface area contributed by atoms with Crippen LogP contribution in [0.2, 0.25) is 0 Å². The minimum Gasteiger partial charge on any atom is -0.309 e. The van der Waals surface area contributed by atoms with E-state index in [1.165, 1.54) is 103 Å². The zero-order chi connectivity index (χ0) is 75.2. The van der Waals surface area contributed by atoms with Gasteiger partial charge >= 0.3 is 0 Å². The van der Waals surface area contributed by atoms with E-state index in [9.17, 15) is 0 Å². The number of nitrogens with zero attached hydrogens (tertiary/aromatic N) is 8. The van der Waals surface area contributed by atoms with Crippen molar-refractivity contribution in [1.29, 1.82) is 0 Å². The lowest BCUT2D eigenvalue weighted by Gasteiger charge is -2.13. The van der Waals surface area contributed by atoms with Gasteiger partial charge in [0.25, 0.3) is 0 Å². The molecule has 6 heterocycles. The molecule has 23 aromatic rings. The average molecular weight is 1450 g/mol. The number of hydrogen-bond acceptors (Lipinski definition) is 4. The second-order valence-corrected chi connectivity index (χ2v) is 29.2. The number of benzene rings is 17. The van der Waals surface area contributed by atoms with Crippen LogP contribution in [-0.4, -0.2) is 38.2 Å². The standard InChI is InChI=1S/C55H35N5.C51H33N3/c1-3-15-38(16-4-1)53-56-54(39-28-26-37(27-29-39)44-23-13-17-36-14-7-8-20-43(36)44)58-55(57-53)40-30-32-42(33-31-40)60-50-25-12-10-22-46(50)48-34-51-47(35-52(48)60)45-21-9-11-24-49(45)59(51)41-18-5-2-6-19-41;1-3-15-36(16-4-1)46-30-37(31-47(52-46)41-23-13-17-35-14-7-8-20-40(35)41)34-26-28-39(29-27-34)54-49-25-12-10-22-43(49)45-32-50-44(33-51(45)54)42-21-9-11-24-48(42)53(50)38-18-5-2-6-19-38/h1-35H;1-33H. The molecule has 0 fully saturated rings. The van der Waals surface area contributed by atoms with Gasteiger partial charge in [-0.05, 0) is 165 Å². The number of rotatable bonds is 11. The molecule has 8 nitrogen and oxygen atoms in total. The van der Waals surface area contributed by atoms with Gasteiger partial charge in [-0.15, -0.1) is 0 Å². The van der Waals surface area contributed by atoms with Crippen LogP contribution in [0.15, 0.2) is 413 Å². The van der Waals surface area contributed by atoms with Crippen molar-refractivity contribution in [3.05, 3.63) is 413 Å². The molecule has 0 aliphatic rings. The van der Waals surface area contributed by atoms with Crippen LogP contribution in [0.3, 0.4) is 0 Å². The normalized spacial score (nSPS) is 11.7. The van der Waals surface area contributed by atoms with E-state index in [1.54, 1.807) is 0 Å². The molecule has 0 unspecified atom stereocenters. The maximum absolute atomic E-state index is 5.24. The summed E-state index contributed by atoms with van der Waals surface area (Å²) in [6, 6.07) is 147. The van der Waals surface area contributed by atoms with Gasteiger partial charge in [0.15, 0.2) is 17.5 Å². The zero-order valence-electron chi connectivity index (χ0n) is 61.8. The Morgan fingerprint density at radius 1 is 0.149 bits per heavy atom. The molecule has 0 saturated heterocycles. The maximum atomic E-state index is 5.24. The fraction of sp³-hybridized carbons (Fsp3) is 0. The minimum absolute atomic E-state index is 0.626. The van der Waals surface area contributed by atoms with Gasteiger partial charge in [-0.3, -0.25) is 0 Å². The van der Waals surface area contributed by atoms with Crippen molar-refractivity contribution in [2.45, 2.75) is 0 Å². The first-order chi connectivity index (χ1) is 56.5. The third kappa shape index (κ3) is 11.2. The van der Waals surface area contributed by atoms with Gasteiger partial charge in [-0.1, -0.05) is 291 Å². The predicted octanol–water partition coefficient (Wildman–Crippen LogP) is 27.3. The van der Waals surface area contributed by atoms with Crippen LogP contribution in [0.5, 0.6) is 0 Å². The quantitative estimate of drug-likeness (QED) is 0.129. The van der Waals surface area contributed by atoms with Crippen molar-refractivity contribution in [3.63, 3.8) is 0 Å². The van der Waals surface area contributed by atoms with Crippen molar-refractivity contribution in [3.8, 4) is 102 Å². The number of hydrogen-bond donors (Lipinski definition) is 0. The summed E-state index contributed by atoms with van der Waals surface area (Å²) in [5, 5.41) is 14.7. The highest BCUT2D eigenvalue weighted by molar-refractivity contribution is 6.21. The minimum atomic E-state index is 0.626. The van der Waals surface area contributed by atoms with Crippen molar-refractivity contribution < 1.29 is 0 Å². The molecular formula is C106H68N8. The zero-order valence-corrected chi connectivity index (χ0v) is 61.8. The summed E-state index contributed by atoms with van der Waals surface area (Å²) >= 11 is 0. The summed E-state index contributed by atoms with van der Waals surface area (Å²) in [6.45, 7) is 0. The molecule has 0 spiro atoms. The highest BCUT2D eigenvalue weighted by atomic mass is 15.0. The molecule has 0 saturated carbocycles. The van der Waals surface area contributed by atoms with Crippen LogP contribution in [-0.2, 0) is 0 Å². The third-order valence-corrected chi connectivity index (χ3v) is 22.7. The van der Waals surface area contributed by atoms with E-state index in [0.29, 0.717) is 17.5 Å². The second-order valence-electron chi connectivity index (χ2n) is 29.2. The molecule has 532 valence electrons. The van der Waals surface area contributed by atoms with Crippen molar-refractivity contribution in [1.82, 2.24) is 38.2 Å². The summed E-state index contributed by atoms with van der Waals surface area (Å²) < 4.78 is 9.59. The van der Waals surface area contributed by atoms with Crippen LogP contribution in [0.1, 0.15) is 0 Å². The SMILES string of the molecule is c1ccc(-c2cc(-c3ccc(-n4c5ccccc5c5cc6c(cc54)c4ccccc4n6-c4ccccc4)cc3)cc(-c3cccc4ccccc34)n2)cc1.c1ccc(-c2nc(-c3ccc(-c4cccc5ccccc45)cc3)nc(-c3ccc(-n4c5ccccc5c5cc6c(cc54)c4ccccc4n6-c4ccccc4)cc3)n2)cc1. The Bertz CT molecular complexity index is 7660. The summed E-state index contributed by atoms with van der Waals surface area (Å²) in [4.78, 5) is 20.4. The molecule has 17 aromatic carbocycles. The van der Waals surface area contributed by atoms with Crippen LogP contribution in [0, 0.1) is 0 Å². The van der Waals surface area contributed by atoms with Crippen LogP contribution < -0.4 is 0 Å². The molecule has 23 rings (SSSR count).